The lowest BCUT2D eigenvalue weighted by Gasteiger charge is -2.04. The topological polar surface area (TPSA) is 90.1 Å². The number of aliphatic imine (C=N–C) groups is 1. The second-order valence-corrected chi connectivity index (χ2v) is 8.01. The number of furan rings is 1. The first-order valence-electron chi connectivity index (χ1n) is 9.38. The first-order valence-corrected chi connectivity index (χ1v) is 10.6. The second-order valence-electron chi connectivity index (χ2n) is 6.57. The standard InChI is InChI=1S/C23H17ClN2O5S/c1-29-15-6-4-14(5-7-15)25-23-26-21(27)20(32-23)12-16-8-10-19(31-16)17-11-13(22(28)30-2)3-9-18(17)24/h3-12H,1-2H3,(H,25,26,27)/b20-12+. The summed E-state index contributed by atoms with van der Waals surface area (Å²) in [7, 11) is 2.90. The zero-order valence-corrected chi connectivity index (χ0v) is 18.6. The zero-order chi connectivity index (χ0) is 22.7. The average Bonchev–Trinajstić information content (AvgIpc) is 3.40. The molecule has 0 unspecified atom stereocenters. The lowest BCUT2D eigenvalue weighted by atomic mass is 10.1. The van der Waals surface area contributed by atoms with Gasteiger partial charge in [0.1, 0.15) is 17.3 Å². The highest BCUT2D eigenvalue weighted by atomic mass is 35.5. The minimum absolute atomic E-state index is 0.272. The summed E-state index contributed by atoms with van der Waals surface area (Å²) in [5.74, 6) is 0.903. The van der Waals surface area contributed by atoms with E-state index in [9.17, 15) is 9.59 Å². The highest BCUT2D eigenvalue weighted by Crippen LogP contribution is 2.33. The maximum Gasteiger partial charge on any atom is 0.337 e. The number of methoxy groups -OCH3 is 2. The lowest BCUT2D eigenvalue weighted by Crippen LogP contribution is -2.19. The number of amides is 1. The van der Waals surface area contributed by atoms with Gasteiger partial charge in [-0.1, -0.05) is 11.6 Å². The van der Waals surface area contributed by atoms with Crippen LogP contribution in [0.5, 0.6) is 5.75 Å². The van der Waals surface area contributed by atoms with Crippen LogP contribution >= 0.6 is 23.4 Å². The number of nitrogens with zero attached hydrogens (tertiary/aromatic N) is 1. The van der Waals surface area contributed by atoms with Crippen LogP contribution in [0.25, 0.3) is 17.4 Å². The normalized spacial score (nSPS) is 15.8. The summed E-state index contributed by atoms with van der Waals surface area (Å²) in [5.41, 5.74) is 1.59. The number of hydrogen-bond donors (Lipinski definition) is 1. The number of amidine groups is 1. The summed E-state index contributed by atoms with van der Waals surface area (Å²) < 4.78 is 15.7. The molecule has 0 bridgehead atoms. The number of thioether (sulfide) groups is 1. The molecular weight excluding hydrogens is 452 g/mol. The summed E-state index contributed by atoms with van der Waals surface area (Å²) in [4.78, 5) is 29.0. The molecular formula is C23H17ClN2O5S. The molecule has 1 aliphatic heterocycles. The molecule has 0 radical (unpaired) electrons. The third-order valence-electron chi connectivity index (χ3n) is 4.51. The van der Waals surface area contributed by atoms with Gasteiger partial charge < -0.3 is 19.2 Å². The maximum atomic E-state index is 12.3. The van der Waals surface area contributed by atoms with E-state index < -0.39 is 5.97 Å². The van der Waals surface area contributed by atoms with Crippen LogP contribution in [0.2, 0.25) is 5.02 Å². The van der Waals surface area contributed by atoms with Gasteiger partial charge in [-0.05, 0) is 66.4 Å². The molecule has 4 rings (SSSR count). The van der Waals surface area contributed by atoms with Crippen LogP contribution in [0.15, 0.2) is 68.9 Å². The van der Waals surface area contributed by atoms with Crippen LogP contribution in [-0.4, -0.2) is 31.3 Å². The molecule has 1 aliphatic rings. The van der Waals surface area contributed by atoms with Crippen molar-refractivity contribution < 1.29 is 23.5 Å². The van der Waals surface area contributed by atoms with E-state index in [0.717, 1.165) is 5.75 Å². The molecule has 162 valence electrons. The van der Waals surface area contributed by atoms with Gasteiger partial charge in [-0.2, -0.15) is 0 Å². The first-order chi connectivity index (χ1) is 15.5. The number of halogens is 1. The Hall–Kier alpha value is -3.49. The number of rotatable bonds is 5. The molecule has 32 heavy (non-hydrogen) atoms. The molecule has 1 saturated heterocycles. The smallest absolute Gasteiger partial charge is 0.337 e. The number of hydrogen-bond acceptors (Lipinski definition) is 7. The van der Waals surface area contributed by atoms with Gasteiger partial charge in [0.05, 0.1) is 35.4 Å². The predicted molar refractivity (Wildman–Crippen MR) is 124 cm³/mol. The summed E-state index contributed by atoms with van der Waals surface area (Å²) in [6, 6.07) is 15.4. The number of carbonyl (C=O) groups is 2. The van der Waals surface area contributed by atoms with Crippen LogP contribution in [0.1, 0.15) is 16.1 Å². The summed E-state index contributed by atoms with van der Waals surface area (Å²) in [6.45, 7) is 0. The Morgan fingerprint density at radius 1 is 1.12 bits per heavy atom. The lowest BCUT2D eigenvalue weighted by molar-refractivity contribution is -0.115. The van der Waals surface area contributed by atoms with Gasteiger partial charge in [-0.3, -0.25) is 4.79 Å². The number of nitrogens with one attached hydrogen (secondary N) is 1. The fourth-order valence-electron chi connectivity index (χ4n) is 2.92. The van der Waals surface area contributed by atoms with Crippen molar-refractivity contribution in [2.24, 2.45) is 4.99 Å². The van der Waals surface area contributed by atoms with E-state index in [2.05, 4.69) is 10.3 Å². The SMILES string of the molecule is COC(=O)c1ccc(Cl)c(-c2ccc(/C=C3/SC(=Nc4ccc(OC)cc4)NC3=O)o2)c1. The van der Waals surface area contributed by atoms with Crippen molar-refractivity contribution in [1.82, 2.24) is 5.32 Å². The van der Waals surface area contributed by atoms with Gasteiger partial charge in [-0.25, -0.2) is 9.79 Å². The molecule has 2 heterocycles. The van der Waals surface area contributed by atoms with Gasteiger partial charge in [-0.15, -0.1) is 0 Å². The minimum atomic E-state index is -0.473. The number of ether oxygens (including phenoxy) is 2. The van der Waals surface area contributed by atoms with Gasteiger partial charge in [0.25, 0.3) is 5.91 Å². The molecule has 2 aromatic carbocycles. The second kappa shape index (κ2) is 9.33. The summed E-state index contributed by atoms with van der Waals surface area (Å²) in [6.07, 6.45) is 1.62. The molecule has 3 aromatic rings. The van der Waals surface area contributed by atoms with Crippen molar-refractivity contribution in [2.45, 2.75) is 0 Å². The molecule has 1 aromatic heterocycles. The Kier molecular flexibility index (Phi) is 6.34. The third kappa shape index (κ3) is 4.71. The quantitative estimate of drug-likeness (QED) is 0.404. The molecule has 0 spiro atoms. The van der Waals surface area contributed by atoms with Gasteiger partial charge in [0.15, 0.2) is 5.17 Å². The number of carbonyl (C=O) groups excluding carboxylic acids is 2. The van der Waals surface area contributed by atoms with E-state index in [1.54, 1.807) is 67.8 Å². The minimum Gasteiger partial charge on any atom is -0.497 e. The Bertz CT molecular complexity index is 1250. The van der Waals surface area contributed by atoms with E-state index in [1.165, 1.54) is 18.9 Å². The molecule has 1 amide bonds. The molecule has 0 aliphatic carbocycles. The van der Waals surface area contributed by atoms with E-state index in [1.807, 2.05) is 0 Å². The van der Waals surface area contributed by atoms with Gasteiger partial charge in [0, 0.05) is 11.6 Å². The number of esters is 1. The third-order valence-corrected chi connectivity index (χ3v) is 5.75. The maximum absolute atomic E-state index is 12.3. The van der Waals surface area contributed by atoms with Gasteiger partial charge >= 0.3 is 5.97 Å². The molecule has 1 N–H and O–H groups in total. The van der Waals surface area contributed by atoms with Crippen molar-refractivity contribution in [2.75, 3.05) is 14.2 Å². The predicted octanol–water partition coefficient (Wildman–Crippen LogP) is 5.29. The molecule has 9 heteroatoms. The van der Waals surface area contributed by atoms with E-state index in [0.29, 0.717) is 43.4 Å². The van der Waals surface area contributed by atoms with Crippen molar-refractivity contribution in [1.29, 1.82) is 0 Å². The monoisotopic (exact) mass is 468 g/mol. The van der Waals surface area contributed by atoms with Crippen molar-refractivity contribution >= 4 is 52.2 Å². The molecule has 0 saturated carbocycles. The van der Waals surface area contributed by atoms with E-state index in [4.69, 9.17) is 25.5 Å². The van der Waals surface area contributed by atoms with Crippen molar-refractivity contribution in [3.63, 3.8) is 0 Å². The average molecular weight is 469 g/mol. The summed E-state index contributed by atoms with van der Waals surface area (Å²) >= 11 is 7.49. The van der Waals surface area contributed by atoms with Crippen LogP contribution in [0.3, 0.4) is 0 Å². The van der Waals surface area contributed by atoms with E-state index >= 15 is 0 Å². The Balaban J connectivity index is 1.55. The Morgan fingerprint density at radius 3 is 2.62 bits per heavy atom. The fourth-order valence-corrected chi connectivity index (χ4v) is 3.95. The van der Waals surface area contributed by atoms with Crippen LogP contribution in [0.4, 0.5) is 5.69 Å². The van der Waals surface area contributed by atoms with Gasteiger partial charge in [0.2, 0.25) is 0 Å². The molecule has 1 fully saturated rings. The van der Waals surface area contributed by atoms with Crippen molar-refractivity contribution in [3.05, 3.63) is 75.8 Å². The van der Waals surface area contributed by atoms with Crippen LogP contribution in [-0.2, 0) is 9.53 Å². The molecule has 0 atom stereocenters. The zero-order valence-electron chi connectivity index (χ0n) is 17.0. The van der Waals surface area contributed by atoms with Crippen LogP contribution in [0, 0.1) is 0 Å². The van der Waals surface area contributed by atoms with Crippen molar-refractivity contribution in [3.8, 4) is 17.1 Å². The largest absolute Gasteiger partial charge is 0.497 e. The van der Waals surface area contributed by atoms with E-state index in [-0.39, 0.29) is 5.91 Å². The highest BCUT2D eigenvalue weighted by molar-refractivity contribution is 8.18. The highest BCUT2D eigenvalue weighted by Gasteiger charge is 2.24. The summed E-state index contributed by atoms with van der Waals surface area (Å²) in [5, 5.41) is 3.62. The number of benzene rings is 2. The fraction of sp³-hybridized carbons (Fsp3) is 0.0870. The Morgan fingerprint density at radius 2 is 1.91 bits per heavy atom. The first kappa shape index (κ1) is 21.7. The molecule has 7 nitrogen and oxygen atoms in total. The van der Waals surface area contributed by atoms with Crippen LogP contribution < -0.4 is 10.1 Å². The Labute approximate surface area is 193 Å².